The number of carbonyl (C=O) groups is 1. The number of nitrogens with one attached hydrogen (secondary N) is 1. The molecule has 1 aromatic rings. The van der Waals surface area contributed by atoms with Gasteiger partial charge in [-0.1, -0.05) is 20.8 Å². The topological polar surface area (TPSA) is 51.2 Å². The molecule has 0 aliphatic carbocycles. The number of nitrogens with zero attached hydrogens (tertiary/aromatic N) is 1. The van der Waals surface area contributed by atoms with E-state index < -0.39 is 5.41 Å². The summed E-state index contributed by atoms with van der Waals surface area (Å²) in [5, 5.41) is 2.84. The second kappa shape index (κ2) is 4.73. The first-order valence-corrected chi connectivity index (χ1v) is 5.59. The molecule has 1 heterocycles. The minimum Gasteiger partial charge on any atom is -0.480 e. The Bertz CT molecular complexity index is 434. The number of carbonyl (C=O) groups excluding carboxylic acids is 1. The standard InChI is InChI=1S/C13H20N2O2/c1-8-7-10(11(17-6)14-9(8)2)15-12(16)13(3,4)5/h7H,1-6H3,(H,15,16). The van der Waals surface area contributed by atoms with E-state index in [0.717, 1.165) is 11.3 Å². The quantitative estimate of drug-likeness (QED) is 0.859. The third-order valence-electron chi connectivity index (χ3n) is 2.55. The minimum absolute atomic E-state index is 0.0548. The van der Waals surface area contributed by atoms with Crippen LogP contribution >= 0.6 is 0 Å². The molecule has 0 fully saturated rings. The van der Waals surface area contributed by atoms with Gasteiger partial charge in [0, 0.05) is 11.1 Å². The largest absolute Gasteiger partial charge is 0.480 e. The molecule has 17 heavy (non-hydrogen) atoms. The summed E-state index contributed by atoms with van der Waals surface area (Å²) in [6, 6.07) is 1.88. The zero-order valence-corrected chi connectivity index (χ0v) is 11.3. The summed E-state index contributed by atoms with van der Waals surface area (Å²) in [6.45, 7) is 9.46. The van der Waals surface area contributed by atoms with Crippen LogP contribution in [0.1, 0.15) is 32.0 Å². The fourth-order valence-electron chi connectivity index (χ4n) is 1.24. The number of amides is 1. The Hall–Kier alpha value is -1.58. The number of methoxy groups -OCH3 is 1. The van der Waals surface area contributed by atoms with Crippen molar-refractivity contribution >= 4 is 11.6 Å². The summed E-state index contributed by atoms with van der Waals surface area (Å²) in [5.74, 6) is 0.395. The molecule has 1 N–H and O–H groups in total. The second-order valence-electron chi connectivity index (χ2n) is 5.15. The number of aryl methyl sites for hydroxylation is 2. The lowest BCUT2D eigenvalue weighted by molar-refractivity contribution is -0.123. The van der Waals surface area contributed by atoms with Crippen LogP contribution in [0.5, 0.6) is 5.88 Å². The van der Waals surface area contributed by atoms with Gasteiger partial charge in [0.25, 0.3) is 0 Å². The molecule has 0 unspecified atom stereocenters. The maximum absolute atomic E-state index is 11.9. The van der Waals surface area contributed by atoms with Crippen LogP contribution in [-0.2, 0) is 4.79 Å². The van der Waals surface area contributed by atoms with Gasteiger partial charge < -0.3 is 10.1 Å². The van der Waals surface area contributed by atoms with E-state index in [1.54, 1.807) is 7.11 Å². The molecular formula is C13H20N2O2. The van der Waals surface area contributed by atoms with Crippen LogP contribution in [0, 0.1) is 19.3 Å². The molecule has 1 aromatic heterocycles. The predicted octanol–water partition coefficient (Wildman–Crippen LogP) is 2.69. The molecule has 94 valence electrons. The van der Waals surface area contributed by atoms with E-state index >= 15 is 0 Å². The molecule has 0 saturated heterocycles. The lowest BCUT2D eigenvalue weighted by Crippen LogP contribution is -2.28. The predicted molar refractivity (Wildman–Crippen MR) is 68.3 cm³/mol. The Morgan fingerprint density at radius 1 is 1.35 bits per heavy atom. The molecular weight excluding hydrogens is 216 g/mol. The van der Waals surface area contributed by atoms with Gasteiger partial charge >= 0.3 is 0 Å². The molecule has 0 atom stereocenters. The van der Waals surface area contributed by atoms with E-state index in [1.165, 1.54) is 0 Å². The average molecular weight is 236 g/mol. The first-order chi connectivity index (χ1) is 7.75. The van der Waals surface area contributed by atoms with Gasteiger partial charge in [0.2, 0.25) is 11.8 Å². The van der Waals surface area contributed by atoms with Crippen molar-refractivity contribution in [1.29, 1.82) is 0 Å². The molecule has 0 spiro atoms. The maximum Gasteiger partial charge on any atom is 0.237 e. The van der Waals surface area contributed by atoms with E-state index in [-0.39, 0.29) is 5.91 Å². The molecule has 1 amide bonds. The Morgan fingerprint density at radius 2 is 1.94 bits per heavy atom. The first-order valence-electron chi connectivity index (χ1n) is 5.59. The third kappa shape index (κ3) is 3.19. The Labute approximate surface area is 102 Å². The van der Waals surface area contributed by atoms with Crippen molar-refractivity contribution in [3.8, 4) is 5.88 Å². The number of aromatic nitrogens is 1. The number of rotatable bonds is 2. The van der Waals surface area contributed by atoms with Gasteiger partial charge in [-0.3, -0.25) is 4.79 Å². The highest BCUT2D eigenvalue weighted by molar-refractivity contribution is 5.95. The van der Waals surface area contributed by atoms with E-state index in [9.17, 15) is 4.79 Å². The summed E-state index contributed by atoms with van der Waals surface area (Å²) in [4.78, 5) is 16.2. The lowest BCUT2D eigenvalue weighted by atomic mass is 9.95. The van der Waals surface area contributed by atoms with Crippen molar-refractivity contribution < 1.29 is 9.53 Å². The van der Waals surface area contributed by atoms with Gasteiger partial charge in [-0.2, -0.15) is 0 Å². The highest BCUT2D eigenvalue weighted by atomic mass is 16.5. The Kier molecular flexibility index (Phi) is 3.76. The van der Waals surface area contributed by atoms with Gasteiger partial charge in [-0.05, 0) is 25.5 Å². The van der Waals surface area contributed by atoms with Crippen LogP contribution < -0.4 is 10.1 Å². The van der Waals surface area contributed by atoms with E-state index in [4.69, 9.17) is 4.74 Å². The van der Waals surface area contributed by atoms with Crippen LogP contribution in [0.15, 0.2) is 6.07 Å². The molecule has 0 aliphatic heterocycles. The van der Waals surface area contributed by atoms with Gasteiger partial charge in [0.1, 0.15) is 5.69 Å². The van der Waals surface area contributed by atoms with Gasteiger partial charge in [-0.25, -0.2) is 4.98 Å². The average Bonchev–Trinajstić information content (AvgIpc) is 2.21. The summed E-state index contributed by atoms with van der Waals surface area (Å²) in [6.07, 6.45) is 0. The third-order valence-corrected chi connectivity index (χ3v) is 2.55. The highest BCUT2D eigenvalue weighted by Gasteiger charge is 2.22. The van der Waals surface area contributed by atoms with Crippen LogP contribution in [0.25, 0.3) is 0 Å². The normalized spacial score (nSPS) is 11.2. The van der Waals surface area contributed by atoms with E-state index in [0.29, 0.717) is 11.6 Å². The molecule has 1 rings (SSSR count). The van der Waals surface area contributed by atoms with Crippen molar-refractivity contribution in [2.45, 2.75) is 34.6 Å². The van der Waals surface area contributed by atoms with Crippen LogP contribution in [0.4, 0.5) is 5.69 Å². The zero-order chi connectivity index (χ0) is 13.2. The number of ether oxygens (including phenoxy) is 1. The molecule has 0 saturated carbocycles. The fourth-order valence-corrected chi connectivity index (χ4v) is 1.24. The maximum atomic E-state index is 11.9. The lowest BCUT2D eigenvalue weighted by Gasteiger charge is -2.19. The molecule has 0 radical (unpaired) electrons. The molecule has 0 aliphatic rings. The molecule has 4 nitrogen and oxygen atoms in total. The smallest absolute Gasteiger partial charge is 0.237 e. The molecule has 0 bridgehead atoms. The highest BCUT2D eigenvalue weighted by Crippen LogP contribution is 2.26. The van der Waals surface area contributed by atoms with Crippen molar-refractivity contribution in [2.75, 3.05) is 12.4 Å². The summed E-state index contributed by atoms with van der Waals surface area (Å²) in [5.41, 5.74) is 2.10. The van der Waals surface area contributed by atoms with Crippen molar-refractivity contribution in [3.05, 3.63) is 17.3 Å². The Morgan fingerprint density at radius 3 is 2.41 bits per heavy atom. The number of hydrogen-bond donors (Lipinski definition) is 1. The van der Waals surface area contributed by atoms with Crippen LogP contribution in [-0.4, -0.2) is 18.0 Å². The first kappa shape index (κ1) is 13.5. The summed E-state index contributed by atoms with van der Waals surface area (Å²) in [7, 11) is 1.55. The molecule has 4 heteroatoms. The minimum atomic E-state index is -0.441. The number of hydrogen-bond acceptors (Lipinski definition) is 3. The number of pyridine rings is 1. The van der Waals surface area contributed by atoms with Crippen molar-refractivity contribution in [2.24, 2.45) is 5.41 Å². The van der Waals surface area contributed by atoms with Gasteiger partial charge in [0.05, 0.1) is 7.11 Å². The SMILES string of the molecule is COc1nc(C)c(C)cc1NC(=O)C(C)(C)C. The van der Waals surface area contributed by atoms with Gasteiger partial charge in [0.15, 0.2) is 0 Å². The second-order valence-corrected chi connectivity index (χ2v) is 5.15. The van der Waals surface area contributed by atoms with Gasteiger partial charge in [-0.15, -0.1) is 0 Å². The Balaban J connectivity index is 3.06. The van der Waals surface area contributed by atoms with Crippen molar-refractivity contribution in [1.82, 2.24) is 4.98 Å². The summed E-state index contributed by atoms with van der Waals surface area (Å²) >= 11 is 0. The number of anilines is 1. The summed E-state index contributed by atoms with van der Waals surface area (Å²) < 4.78 is 5.17. The fraction of sp³-hybridized carbons (Fsp3) is 0.538. The monoisotopic (exact) mass is 236 g/mol. The van der Waals surface area contributed by atoms with Crippen molar-refractivity contribution in [3.63, 3.8) is 0 Å². The van der Waals surface area contributed by atoms with E-state index in [2.05, 4.69) is 10.3 Å². The zero-order valence-electron chi connectivity index (χ0n) is 11.3. The molecule has 0 aromatic carbocycles. The van der Waals surface area contributed by atoms with E-state index in [1.807, 2.05) is 40.7 Å². The van der Waals surface area contributed by atoms with Crippen LogP contribution in [0.3, 0.4) is 0 Å². The van der Waals surface area contributed by atoms with Crippen LogP contribution in [0.2, 0.25) is 0 Å².